The molecular formula is C19H21F2NO4. The lowest BCUT2D eigenvalue weighted by Gasteiger charge is -2.27. The summed E-state index contributed by atoms with van der Waals surface area (Å²) in [5, 5.41) is 0. The van der Waals surface area contributed by atoms with E-state index in [9.17, 15) is 13.6 Å². The van der Waals surface area contributed by atoms with Gasteiger partial charge in [-0.2, -0.15) is 0 Å². The summed E-state index contributed by atoms with van der Waals surface area (Å²) in [6, 6.07) is 8.09. The molecule has 0 fully saturated rings. The number of ether oxygens (including phenoxy) is 3. The molecule has 0 saturated carbocycles. The fourth-order valence-corrected chi connectivity index (χ4v) is 2.88. The molecule has 26 heavy (non-hydrogen) atoms. The van der Waals surface area contributed by atoms with E-state index >= 15 is 0 Å². The summed E-state index contributed by atoms with van der Waals surface area (Å²) < 4.78 is 43.2. The van der Waals surface area contributed by atoms with Gasteiger partial charge in [-0.25, -0.2) is 8.78 Å². The Morgan fingerprint density at radius 2 is 1.46 bits per heavy atom. The largest absolute Gasteiger partial charge is 0.496 e. The van der Waals surface area contributed by atoms with Crippen molar-refractivity contribution in [3.8, 4) is 11.5 Å². The van der Waals surface area contributed by atoms with Crippen LogP contribution in [0.25, 0.3) is 0 Å². The van der Waals surface area contributed by atoms with E-state index in [0.29, 0.717) is 11.1 Å². The van der Waals surface area contributed by atoms with Gasteiger partial charge in [0.2, 0.25) is 0 Å². The van der Waals surface area contributed by atoms with Crippen LogP contribution in [0.3, 0.4) is 0 Å². The number of hydrogen-bond donors (Lipinski definition) is 1. The third-order valence-electron chi connectivity index (χ3n) is 4.01. The monoisotopic (exact) mass is 365 g/mol. The van der Waals surface area contributed by atoms with Crippen molar-refractivity contribution in [1.82, 2.24) is 0 Å². The van der Waals surface area contributed by atoms with Crippen LogP contribution in [0.1, 0.15) is 24.0 Å². The topological polar surface area (TPSA) is 70.8 Å². The summed E-state index contributed by atoms with van der Waals surface area (Å²) in [7, 11) is 2.82. The maximum Gasteiger partial charge on any atom is 0.319 e. The normalized spacial score (nSPS) is 12.0. The molecule has 0 aliphatic rings. The molecular weight excluding hydrogens is 344 g/mol. The van der Waals surface area contributed by atoms with E-state index in [1.54, 1.807) is 6.92 Å². The quantitative estimate of drug-likeness (QED) is 0.764. The van der Waals surface area contributed by atoms with Crippen LogP contribution in [0, 0.1) is 11.6 Å². The Bertz CT molecular complexity index is 729. The molecule has 0 aliphatic heterocycles. The average molecular weight is 365 g/mol. The van der Waals surface area contributed by atoms with Crippen LogP contribution in [0.5, 0.6) is 11.5 Å². The van der Waals surface area contributed by atoms with Crippen LogP contribution in [-0.4, -0.2) is 32.8 Å². The SMILES string of the molecule is COc1cc(F)ccc1C(c1ccc(F)cc1OC)C(C)OC(=O)CN. The highest BCUT2D eigenvalue weighted by Crippen LogP contribution is 2.40. The second-order valence-electron chi connectivity index (χ2n) is 5.65. The molecule has 1 atom stereocenters. The van der Waals surface area contributed by atoms with Crippen molar-refractivity contribution >= 4 is 5.97 Å². The van der Waals surface area contributed by atoms with Crippen LogP contribution < -0.4 is 15.2 Å². The first-order valence-electron chi connectivity index (χ1n) is 7.97. The Morgan fingerprint density at radius 1 is 1.00 bits per heavy atom. The van der Waals surface area contributed by atoms with Gasteiger partial charge in [0, 0.05) is 23.3 Å². The second-order valence-corrected chi connectivity index (χ2v) is 5.65. The minimum Gasteiger partial charge on any atom is -0.496 e. The van der Waals surface area contributed by atoms with Crippen LogP contribution in [0.4, 0.5) is 8.78 Å². The molecule has 0 aliphatic carbocycles. The van der Waals surface area contributed by atoms with Crippen LogP contribution in [0.15, 0.2) is 36.4 Å². The molecule has 0 aromatic heterocycles. The molecule has 140 valence electrons. The molecule has 2 aromatic rings. The Balaban J connectivity index is 2.62. The minimum absolute atomic E-state index is 0.275. The third-order valence-corrected chi connectivity index (χ3v) is 4.01. The summed E-state index contributed by atoms with van der Waals surface area (Å²) in [4.78, 5) is 11.7. The summed E-state index contributed by atoms with van der Waals surface area (Å²) in [6.07, 6.45) is -0.690. The number of nitrogens with two attached hydrogens (primary N) is 1. The molecule has 5 nitrogen and oxygen atoms in total. The van der Waals surface area contributed by atoms with E-state index in [1.165, 1.54) is 50.6 Å². The second kappa shape index (κ2) is 8.62. The number of carbonyl (C=O) groups is 1. The number of hydrogen-bond acceptors (Lipinski definition) is 5. The lowest BCUT2D eigenvalue weighted by Crippen LogP contribution is -2.28. The van der Waals surface area contributed by atoms with Gasteiger partial charge in [0.25, 0.3) is 0 Å². The zero-order valence-corrected chi connectivity index (χ0v) is 14.8. The predicted octanol–water partition coefficient (Wildman–Crippen LogP) is 3.00. The van der Waals surface area contributed by atoms with Gasteiger partial charge >= 0.3 is 5.97 Å². The number of carbonyl (C=O) groups excluding carboxylic acids is 1. The summed E-state index contributed by atoms with van der Waals surface area (Å²) in [6.45, 7) is 1.39. The van der Waals surface area contributed by atoms with Gasteiger partial charge in [0.1, 0.15) is 29.2 Å². The van der Waals surface area contributed by atoms with Gasteiger partial charge in [-0.05, 0) is 19.1 Å². The van der Waals surface area contributed by atoms with Crippen molar-refractivity contribution in [3.63, 3.8) is 0 Å². The number of rotatable bonds is 7. The summed E-state index contributed by atoms with van der Waals surface area (Å²) >= 11 is 0. The van der Waals surface area contributed by atoms with Crippen LogP contribution in [0.2, 0.25) is 0 Å². The lowest BCUT2D eigenvalue weighted by molar-refractivity contribution is -0.147. The molecule has 2 aromatic carbocycles. The fraction of sp³-hybridized carbons (Fsp3) is 0.316. The molecule has 0 spiro atoms. The zero-order valence-electron chi connectivity index (χ0n) is 14.8. The van der Waals surface area contributed by atoms with Crippen molar-refractivity contribution in [2.75, 3.05) is 20.8 Å². The van der Waals surface area contributed by atoms with Crippen molar-refractivity contribution < 1.29 is 27.8 Å². The average Bonchev–Trinajstić information content (AvgIpc) is 2.63. The molecule has 0 saturated heterocycles. The van der Waals surface area contributed by atoms with E-state index < -0.39 is 29.6 Å². The van der Waals surface area contributed by atoms with E-state index in [1.807, 2.05) is 0 Å². The van der Waals surface area contributed by atoms with Crippen LogP contribution in [-0.2, 0) is 9.53 Å². The molecule has 0 bridgehead atoms. The molecule has 2 N–H and O–H groups in total. The van der Waals surface area contributed by atoms with E-state index in [2.05, 4.69) is 0 Å². The Kier molecular flexibility index (Phi) is 6.52. The highest BCUT2D eigenvalue weighted by molar-refractivity contribution is 5.71. The molecule has 0 radical (unpaired) electrons. The van der Waals surface area contributed by atoms with E-state index in [-0.39, 0.29) is 18.0 Å². The first kappa shape index (κ1) is 19.7. The van der Waals surface area contributed by atoms with Gasteiger partial charge in [0.15, 0.2) is 0 Å². The number of methoxy groups -OCH3 is 2. The Labute approximate surface area is 150 Å². The Hall–Kier alpha value is -2.67. The number of esters is 1. The zero-order chi connectivity index (χ0) is 19.3. The first-order chi connectivity index (χ1) is 12.4. The van der Waals surface area contributed by atoms with Gasteiger partial charge in [-0.15, -0.1) is 0 Å². The molecule has 1 unspecified atom stereocenters. The minimum atomic E-state index is -0.690. The smallest absolute Gasteiger partial charge is 0.319 e. The predicted molar refractivity (Wildman–Crippen MR) is 92.4 cm³/mol. The summed E-state index contributed by atoms with van der Waals surface area (Å²) in [5.41, 5.74) is 6.46. The van der Waals surface area contributed by atoms with Gasteiger partial charge in [0.05, 0.1) is 26.7 Å². The van der Waals surface area contributed by atoms with Crippen molar-refractivity contribution in [3.05, 3.63) is 59.2 Å². The van der Waals surface area contributed by atoms with Crippen molar-refractivity contribution in [2.24, 2.45) is 5.73 Å². The maximum absolute atomic E-state index is 13.6. The first-order valence-corrected chi connectivity index (χ1v) is 7.97. The molecule has 0 heterocycles. The molecule has 2 rings (SSSR count). The highest BCUT2D eigenvalue weighted by atomic mass is 19.1. The molecule has 0 amide bonds. The van der Waals surface area contributed by atoms with Gasteiger partial charge in [-0.3, -0.25) is 4.79 Å². The highest BCUT2D eigenvalue weighted by Gasteiger charge is 2.30. The van der Waals surface area contributed by atoms with Crippen LogP contribution >= 0.6 is 0 Å². The maximum atomic E-state index is 13.6. The summed E-state index contributed by atoms with van der Waals surface area (Å²) in [5.74, 6) is -1.57. The van der Waals surface area contributed by atoms with Crippen molar-refractivity contribution in [1.29, 1.82) is 0 Å². The van der Waals surface area contributed by atoms with Crippen molar-refractivity contribution in [2.45, 2.75) is 18.9 Å². The molecule has 7 heteroatoms. The van der Waals surface area contributed by atoms with E-state index in [0.717, 1.165) is 0 Å². The lowest BCUT2D eigenvalue weighted by atomic mass is 9.85. The number of benzene rings is 2. The fourth-order valence-electron chi connectivity index (χ4n) is 2.88. The number of halogens is 2. The third kappa shape index (κ3) is 4.29. The Morgan fingerprint density at radius 3 is 1.85 bits per heavy atom. The van der Waals surface area contributed by atoms with E-state index in [4.69, 9.17) is 19.9 Å². The standard InChI is InChI=1S/C19H21F2NO4/c1-11(26-18(23)10-22)19(14-6-4-12(20)8-16(14)24-2)15-7-5-13(21)9-17(15)25-3/h4-9,11,19H,10,22H2,1-3H3. The van der Waals surface area contributed by atoms with Gasteiger partial charge in [-0.1, -0.05) is 12.1 Å². The van der Waals surface area contributed by atoms with Gasteiger partial charge < -0.3 is 19.9 Å².